The van der Waals surface area contributed by atoms with Crippen molar-refractivity contribution in [2.75, 3.05) is 6.54 Å². The predicted molar refractivity (Wildman–Crippen MR) is 53.3 cm³/mol. The minimum atomic E-state index is -0.110. The minimum absolute atomic E-state index is 0.0557. The van der Waals surface area contributed by atoms with Gasteiger partial charge in [0.25, 0.3) is 0 Å². The van der Waals surface area contributed by atoms with Gasteiger partial charge in [0.05, 0.1) is 18.4 Å². The topological polar surface area (TPSA) is 37.4 Å². The van der Waals surface area contributed by atoms with E-state index < -0.39 is 0 Å². The van der Waals surface area contributed by atoms with Crippen LogP contribution in [0.15, 0.2) is 12.2 Å². The summed E-state index contributed by atoms with van der Waals surface area (Å²) in [5.74, 6) is 2.60. The van der Waals surface area contributed by atoms with E-state index in [4.69, 9.17) is 6.42 Å². The number of carbonyl (C=O) groups excluding carboxylic acids is 2. The normalized spacial score (nSPS) is 41.1. The van der Waals surface area contributed by atoms with Crippen LogP contribution in [0.3, 0.4) is 0 Å². The van der Waals surface area contributed by atoms with Gasteiger partial charge in [0.2, 0.25) is 11.8 Å². The molecule has 2 bridgehead atoms. The maximum Gasteiger partial charge on any atom is 0.234 e. The molecular weight excluding hydrogens is 190 g/mol. The van der Waals surface area contributed by atoms with E-state index in [0.717, 1.165) is 6.42 Å². The molecule has 1 heterocycles. The lowest BCUT2D eigenvalue weighted by molar-refractivity contribution is -0.139. The summed E-state index contributed by atoms with van der Waals surface area (Å²) in [6.07, 6.45) is 10.3. The Morgan fingerprint density at radius 2 is 1.80 bits per heavy atom. The van der Waals surface area contributed by atoms with Crippen LogP contribution in [0.5, 0.6) is 0 Å². The molecule has 3 nitrogen and oxygen atoms in total. The van der Waals surface area contributed by atoms with Crippen molar-refractivity contribution in [3.8, 4) is 12.3 Å². The molecule has 1 saturated carbocycles. The summed E-state index contributed by atoms with van der Waals surface area (Å²) in [6, 6.07) is 0. The first kappa shape index (κ1) is 8.72. The van der Waals surface area contributed by atoms with Gasteiger partial charge in [-0.05, 0) is 18.3 Å². The molecule has 0 unspecified atom stereocenters. The SMILES string of the molecule is C#CCN1C(=O)[C@@H]2[C@H](C1=O)[C@@H]1C=C[C@H]2C1. The van der Waals surface area contributed by atoms with Gasteiger partial charge in [-0.1, -0.05) is 18.1 Å². The summed E-state index contributed by atoms with van der Waals surface area (Å²) in [5, 5.41) is 0. The second-order valence-electron chi connectivity index (χ2n) is 4.47. The molecule has 0 aromatic heterocycles. The minimum Gasteiger partial charge on any atom is -0.274 e. The third kappa shape index (κ3) is 0.918. The van der Waals surface area contributed by atoms with Crippen LogP contribution in [0, 0.1) is 36.0 Å². The first-order chi connectivity index (χ1) is 7.24. The molecule has 3 rings (SSSR count). The summed E-state index contributed by atoms with van der Waals surface area (Å²) in [4.78, 5) is 25.2. The number of amides is 2. The Hall–Kier alpha value is -1.56. The number of terminal acetylenes is 1. The van der Waals surface area contributed by atoms with Crippen LogP contribution in [0.2, 0.25) is 0 Å². The van der Waals surface area contributed by atoms with Crippen LogP contribution < -0.4 is 0 Å². The highest BCUT2D eigenvalue weighted by Gasteiger charge is 2.58. The van der Waals surface area contributed by atoms with E-state index in [1.165, 1.54) is 4.90 Å². The van der Waals surface area contributed by atoms with Gasteiger partial charge < -0.3 is 0 Å². The smallest absolute Gasteiger partial charge is 0.234 e. The fourth-order valence-electron chi connectivity index (χ4n) is 3.21. The molecule has 0 radical (unpaired) electrons. The van der Waals surface area contributed by atoms with Gasteiger partial charge in [-0.2, -0.15) is 0 Å². The van der Waals surface area contributed by atoms with Crippen LogP contribution in [0.4, 0.5) is 0 Å². The lowest BCUT2D eigenvalue weighted by Gasteiger charge is -2.14. The lowest BCUT2D eigenvalue weighted by Crippen LogP contribution is -2.33. The zero-order valence-corrected chi connectivity index (χ0v) is 8.22. The summed E-state index contributed by atoms with van der Waals surface area (Å²) in [5.41, 5.74) is 0. The number of allylic oxidation sites excluding steroid dienone is 2. The number of nitrogens with zero attached hydrogens (tertiary/aromatic N) is 1. The number of likely N-dealkylation sites (tertiary alicyclic amines) is 1. The molecule has 0 N–H and O–H groups in total. The zero-order valence-electron chi connectivity index (χ0n) is 8.22. The summed E-state index contributed by atoms with van der Waals surface area (Å²) >= 11 is 0. The molecule has 76 valence electrons. The second kappa shape index (κ2) is 2.73. The lowest BCUT2D eigenvalue weighted by atomic mass is 9.85. The number of hydrogen-bond donors (Lipinski definition) is 0. The first-order valence-corrected chi connectivity index (χ1v) is 5.21. The number of imide groups is 1. The fraction of sp³-hybridized carbons (Fsp3) is 0.500. The molecule has 2 fully saturated rings. The van der Waals surface area contributed by atoms with E-state index in [2.05, 4.69) is 18.1 Å². The van der Waals surface area contributed by atoms with Crippen molar-refractivity contribution in [3.63, 3.8) is 0 Å². The Kier molecular flexibility index (Phi) is 1.59. The zero-order chi connectivity index (χ0) is 10.6. The van der Waals surface area contributed by atoms with Crippen LogP contribution in [-0.4, -0.2) is 23.3 Å². The van der Waals surface area contributed by atoms with Gasteiger partial charge >= 0.3 is 0 Å². The fourth-order valence-corrected chi connectivity index (χ4v) is 3.21. The largest absolute Gasteiger partial charge is 0.274 e. The molecular formula is C12H11NO2. The van der Waals surface area contributed by atoms with E-state index in [1.807, 2.05) is 0 Å². The van der Waals surface area contributed by atoms with Gasteiger partial charge in [-0.3, -0.25) is 14.5 Å². The number of fused-ring (bicyclic) bond motifs is 5. The van der Waals surface area contributed by atoms with E-state index in [0.29, 0.717) is 0 Å². The predicted octanol–water partition coefficient (Wildman–Crippen LogP) is 0.427. The van der Waals surface area contributed by atoms with Gasteiger partial charge in [-0.25, -0.2) is 0 Å². The molecule has 1 aliphatic heterocycles. The summed E-state index contributed by atoms with van der Waals surface area (Å²) in [7, 11) is 0. The standard InChI is InChI=1S/C12H11NO2/c1-2-5-13-11(14)9-7-3-4-8(6-7)10(9)12(13)15/h1,3-4,7-10H,5-6H2/t7-,8+,9-,10+. The number of carbonyl (C=O) groups is 2. The van der Waals surface area contributed by atoms with Crippen molar-refractivity contribution in [3.05, 3.63) is 12.2 Å². The van der Waals surface area contributed by atoms with Crippen molar-refractivity contribution >= 4 is 11.8 Å². The molecule has 4 atom stereocenters. The van der Waals surface area contributed by atoms with E-state index >= 15 is 0 Å². The summed E-state index contributed by atoms with van der Waals surface area (Å²) in [6.45, 7) is 0.129. The van der Waals surface area contributed by atoms with Gasteiger partial charge in [0.1, 0.15) is 0 Å². The maximum atomic E-state index is 12.0. The van der Waals surface area contributed by atoms with Gasteiger partial charge in [0.15, 0.2) is 0 Å². The number of hydrogen-bond acceptors (Lipinski definition) is 2. The van der Waals surface area contributed by atoms with Gasteiger partial charge in [-0.15, -0.1) is 6.42 Å². The highest BCUT2D eigenvalue weighted by Crippen LogP contribution is 2.52. The van der Waals surface area contributed by atoms with E-state index in [1.54, 1.807) is 0 Å². The maximum absolute atomic E-state index is 12.0. The Balaban J connectivity index is 1.97. The molecule has 0 aromatic carbocycles. The molecule has 2 amide bonds. The second-order valence-corrected chi connectivity index (χ2v) is 4.47. The molecule has 3 heteroatoms. The third-order valence-corrected chi connectivity index (χ3v) is 3.81. The van der Waals surface area contributed by atoms with Crippen molar-refractivity contribution in [1.82, 2.24) is 4.90 Å². The van der Waals surface area contributed by atoms with Crippen molar-refractivity contribution < 1.29 is 9.59 Å². The molecule has 15 heavy (non-hydrogen) atoms. The molecule has 3 aliphatic rings. The monoisotopic (exact) mass is 201 g/mol. The average molecular weight is 201 g/mol. The van der Waals surface area contributed by atoms with E-state index in [-0.39, 0.29) is 42.0 Å². The first-order valence-electron chi connectivity index (χ1n) is 5.21. The molecule has 0 spiro atoms. The number of rotatable bonds is 1. The van der Waals surface area contributed by atoms with Crippen molar-refractivity contribution in [2.45, 2.75) is 6.42 Å². The van der Waals surface area contributed by atoms with Crippen LogP contribution >= 0.6 is 0 Å². The average Bonchev–Trinajstić information content (AvgIpc) is 2.87. The Labute approximate surface area is 88.1 Å². The quantitative estimate of drug-likeness (QED) is 0.350. The molecule has 0 aromatic rings. The van der Waals surface area contributed by atoms with Crippen molar-refractivity contribution in [1.29, 1.82) is 0 Å². The van der Waals surface area contributed by atoms with Crippen LogP contribution in [-0.2, 0) is 9.59 Å². The van der Waals surface area contributed by atoms with E-state index in [9.17, 15) is 9.59 Å². The van der Waals surface area contributed by atoms with Gasteiger partial charge in [0, 0.05) is 0 Å². The Morgan fingerprint density at radius 1 is 1.27 bits per heavy atom. The van der Waals surface area contributed by atoms with Crippen LogP contribution in [0.25, 0.3) is 0 Å². The Morgan fingerprint density at radius 3 is 2.27 bits per heavy atom. The summed E-state index contributed by atoms with van der Waals surface area (Å²) < 4.78 is 0. The molecule has 2 aliphatic carbocycles. The Bertz CT molecular complexity index is 388. The highest BCUT2D eigenvalue weighted by molar-refractivity contribution is 6.06. The van der Waals surface area contributed by atoms with Crippen molar-refractivity contribution in [2.24, 2.45) is 23.7 Å². The van der Waals surface area contributed by atoms with Crippen LogP contribution in [0.1, 0.15) is 6.42 Å². The third-order valence-electron chi connectivity index (χ3n) is 3.81. The highest BCUT2D eigenvalue weighted by atomic mass is 16.2. The molecule has 1 saturated heterocycles.